The average Bonchev–Trinajstić information content (AvgIpc) is 2.41. The number of rotatable bonds is 4. The highest BCUT2D eigenvalue weighted by Gasteiger charge is 2.07. The summed E-state index contributed by atoms with van der Waals surface area (Å²) in [6.07, 6.45) is 2.36. The predicted octanol–water partition coefficient (Wildman–Crippen LogP) is 3.14. The minimum atomic E-state index is -0.547. The van der Waals surface area contributed by atoms with E-state index < -0.39 is 5.91 Å². The van der Waals surface area contributed by atoms with Crippen LogP contribution in [0.4, 0.5) is 11.5 Å². The molecule has 0 aliphatic heterocycles. The number of carbonyl (C=O) groups is 1. The Kier molecular flexibility index (Phi) is 4.02. The quantitative estimate of drug-likeness (QED) is 0.901. The predicted molar refractivity (Wildman–Crippen MR) is 76.9 cm³/mol. The van der Waals surface area contributed by atoms with Crippen LogP contribution in [-0.2, 0) is 6.42 Å². The molecule has 19 heavy (non-hydrogen) atoms. The van der Waals surface area contributed by atoms with Crippen molar-refractivity contribution in [1.82, 2.24) is 4.98 Å². The second kappa shape index (κ2) is 5.71. The van der Waals surface area contributed by atoms with Crippen LogP contribution in [0.25, 0.3) is 0 Å². The molecule has 2 rings (SSSR count). The van der Waals surface area contributed by atoms with Crippen molar-refractivity contribution in [1.29, 1.82) is 0 Å². The second-order valence-corrected chi connectivity index (χ2v) is 4.50. The van der Waals surface area contributed by atoms with E-state index in [4.69, 9.17) is 17.3 Å². The molecule has 0 radical (unpaired) electrons. The van der Waals surface area contributed by atoms with Crippen LogP contribution in [0, 0.1) is 0 Å². The normalized spacial score (nSPS) is 10.2. The monoisotopic (exact) mass is 275 g/mol. The van der Waals surface area contributed by atoms with Gasteiger partial charge in [0.2, 0.25) is 5.91 Å². The van der Waals surface area contributed by atoms with E-state index in [1.165, 1.54) is 17.8 Å². The maximum atomic E-state index is 11.0. The lowest BCUT2D eigenvalue weighted by molar-refractivity contribution is 0.1000. The summed E-state index contributed by atoms with van der Waals surface area (Å²) < 4.78 is 0. The number of aromatic nitrogens is 1. The van der Waals surface area contributed by atoms with Gasteiger partial charge in [-0.15, -0.1) is 0 Å². The van der Waals surface area contributed by atoms with E-state index in [2.05, 4.69) is 23.3 Å². The molecule has 1 aromatic heterocycles. The van der Waals surface area contributed by atoms with Crippen molar-refractivity contribution in [3.63, 3.8) is 0 Å². The molecule has 1 amide bonds. The van der Waals surface area contributed by atoms with E-state index in [0.29, 0.717) is 10.8 Å². The molecule has 0 saturated heterocycles. The molecule has 0 aliphatic carbocycles. The van der Waals surface area contributed by atoms with Gasteiger partial charge in [0.15, 0.2) is 0 Å². The van der Waals surface area contributed by atoms with E-state index in [1.807, 2.05) is 18.2 Å². The van der Waals surface area contributed by atoms with Crippen molar-refractivity contribution in [2.24, 2.45) is 5.73 Å². The van der Waals surface area contributed by atoms with E-state index >= 15 is 0 Å². The summed E-state index contributed by atoms with van der Waals surface area (Å²) >= 11 is 6.06. The SMILES string of the molecule is CCc1cccc(Nc2ncc(C(N)=O)cc2Cl)c1. The number of halogens is 1. The molecule has 3 N–H and O–H groups in total. The second-order valence-electron chi connectivity index (χ2n) is 4.10. The Morgan fingerprint density at radius 1 is 1.42 bits per heavy atom. The largest absolute Gasteiger partial charge is 0.366 e. The standard InChI is InChI=1S/C14H14ClN3O/c1-2-9-4-3-5-11(6-9)18-14-12(15)7-10(8-17-14)13(16)19/h3-8H,2H2,1H3,(H2,16,19)(H,17,18). The smallest absolute Gasteiger partial charge is 0.250 e. The van der Waals surface area contributed by atoms with Crippen molar-refractivity contribution in [3.05, 3.63) is 52.7 Å². The number of amides is 1. The van der Waals surface area contributed by atoms with Crippen LogP contribution in [0.3, 0.4) is 0 Å². The van der Waals surface area contributed by atoms with E-state index in [1.54, 1.807) is 0 Å². The summed E-state index contributed by atoms with van der Waals surface area (Å²) in [6, 6.07) is 9.48. The Bertz CT molecular complexity index is 613. The fourth-order valence-corrected chi connectivity index (χ4v) is 1.88. The zero-order valence-electron chi connectivity index (χ0n) is 10.5. The van der Waals surface area contributed by atoms with Crippen LogP contribution in [0.2, 0.25) is 5.02 Å². The number of carbonyl (C=O) groups excluding carboxylic acids is 1. The first-order valence-electron chi connectivity index (χ1n) is 5.91. The van der Waals surface area contributed by atoms with Gasteiger partial charge in [-0.25, -0.2) is 4.98 Å². The third-order valence-electron chi connectivity index (χ3n) is 2.72. The topological polar surface area (TPSA) is 68.0 Å². The maximum Gasteiger partial charge on any atom is 0.250 e. The van der Waals surface area contributed by atoms with Crippen molar-refractivity contribution < 1.29 is 4.79 Å². The number of anilines is 2. The van der Waals surface area contributed by atoms with E-state index in [-0.39, 0.29) is 5.56 Å². The van der Waals surface area contributed by atoms with Gasteiger partial charge in [-0.2, -0.15) is 0 Å². The zero-order chi connectivity index (χ0) is 13.8. The van der Waals surface area contributed by atoms with Gasteiger partial charge < -0.3 is 11.1 Å². The minimum absolute atomic E-state index is 0.290. The molecule has 1 heterocycles. The number of hydrogen-bond donors (Lipinski definition) is 2. The number of nitrogens with one attached hydrogen (secondary N) is 1. The van der Waals surface area contributed by atoms with Gasteiger partial charge in [-0.05, 0) is 30.2 Å². The van der Waals surface area contributed by atoms with Crippen LogP contribution >= 0.6 is 11.6 Å². The number of benzene rings is 1. The van der Waals surface area contributed by atoms with Crippen molar-refractivity contribution in [3.8, 4) is 0 Å². The Morgan fingerprint density at radius 2 is 2.21 bits per heavy atom. The van der Waals surface area contributed by atoms with Crippen LogP contribution in [-0.4, -0.2) is 10.9 Å². The molecule has 1 aromatic carbocycles. The molecule has 0 unspecified atom stereocenters. The van der Waals surface area contributed by atoms with Gasteiger partial charge in [-0.1, -0.05) is 30.7 Å². The van der Waals surface area contributed by atoms with Gasteiger partial charge in [-0.3, -0.25) is 4.79 Å². The molecule has 0 spiro atoms. The van der Waals surface area contributed by atoms with Crippen molar-refractivity contribution in [2.75, 3.05) is 5.32 Å². The molecular weight excluding hydrogens is 262 g/mol. The fraction of sp³-hybridized carbons (Fsp3) is 0.143. The molecule has 0 bridgehead atoms. The number of pyridine rings is 1. The van der Waals surface area contributed by atoms with Gasteiger partial charge in [0.05, 0.1) is 10.6 Å². The number of aryl methyl sites for hydroxylation is 1. The Balaban J connectivity index is 2.25. The lowest BCUT2D eigenvalue weighted by Gasteiger charge is -2.09. The fourth-order valence-electron chi connectivity index (χ4n) is 1.67. The first-order valence-corrected chi connectivity index (χ1v) is 6.29. The maximum absolute atomic E-state index is 11.0. The number of primary amides is 1. The van der Waals surface area contributed by atoms with Crippen molar-refractivity contribution >= 4 is 29.0 Å². The molecule has 0 aliphatic rings. The highest BCUT2D eigenvalue weighted by Crippen LogP contribution is 2.24. The molecule has 5 heteroatoms. The third kappa shape index (κ3) is 3.23. The van der Waals surface area contributed by atoms with Gasteiger partial charge in [0.25, 0.3) is 0 Å². The first-order chi connectivity index (χ1) is 9.10. The van der Waals surface area contributed by atoms with Gasteiger partial charge in [0.1, 0.15) is 5.82 Å². The molecule has 0 atom stereocenters. The summed E-state index contributed by atoms with van der Waals surface area (Å²) in [5.74, 6) is -0.0474. The Labute approximate surface area is 116 Å². The number of nitrogens with two attached hydrogens (primary N) is 1. The zero-order valence-corrected chi connectivity index (χ0v) is 11.2. The highest BCUT2D eigenvalue weighted by molar-refractivity contribution is 6.33. The minimum Gasteiger partial charge on any atom is -0.366 e. The van der Waals surface area contributed by atoms with Crippen LogP contribution < -0.4 is 11.1 Å². The van der Waals surface area contributed by atoms with Crippen molar-refractivity contribution in [2.45, 2.75) is 13.3 Å². The summed E-state index contributed by atoms with van der Waals surface area (Å²) in [5, 5.41) is 3.48. The molecule has 4 nitrogen and oxygen atoms in total. The van der Waals surface area contributed by atoms with Gasteiger partial charge in [0, 0.05) is 11.9 Å². The third-order valence-corrected chi connectivity index (χ3v) is 3.01. The summed E-state index contributed by atoms with van der Waals surface area (Å²) in [6.45, 7) is 2.09. The van der Waals surface area contributed by atoms with E-state index in [0.717, 1.165) is 12.1 Å². The molecular formula is C14H14ClN3O. The molecule has 0 fully saturated rings. The summed E-state index contributed by atoms with van der Waals surface area (Å²) in [5.41, 5.74) is 7.58. The van der Waals surface area contributed by atoms with E-state index in [9.17, 15) is 4.79 Å². The molecule has 2 aromatic rings. The van der Waals surface area contributed by atoms with Crippen LogP contribution in [0.1, 0.15) is 22.8 Å². The van der Waals surface area contributed by atoms with Crippen LogP contribution in [0.15, 0.2) is 36.5 Å². The molecule has 0 saturated carbocycles. The number of hydrogen-bond acceptors (Lipinski definition) is 3. The summed E-state index contributed by atoms with van der Waals surface area (Å²) in [7, 11) is 0. The average molecular weight is 276 g/mol. The first kappa shape index (κ1) is 13.4. The number of nitrogens with zero attached hydrogens (tertiary/aromatic N) is 1. The Hall–Kier alpha value is -2.07. The van der Waals surface area contributed by atoms with Gasteiger partial charge >= 0.3 is 0 Å². The summed E-state index contributed by atoms with van der Waals surface area (Å²) in [4.78, 5) is 15.1. The lowest BCUT2D eigenvalue weighted by Crippen LogP contribution is -2.11. The highest BCUT2D eigenvalue weighted by atomic mass is 35.5. The lowest BCUT2D eigenvalue weighted by atomic mass is 10.1. The molecule has 98 valence electrons. The van der Waals surface area contributed by atoms with Crippen LogP contribution in [0.5, 0.6) is 0 Å². The Morgan fingerprint density at radius 3 is 2.84 bits per heavy atom.